The summed E-state index contributed by atoms with van der Waals surface area (Å²) in [6, 6.07) is 12.9. The van der Waals surface area contributed by atoms with Gasteiger partial charge in [-0.2, -0.15) is 5.26 Å². The fourth-order valence-electron chi connectivity index (χ4n) is 1.91. The molecule has 0 aliphatic carbocycles. The van der Waals surface area contributed by atoms with Crippen molar-refractivity contribution in [3.05, 3.63) is 59.4 Å². The van der Waals surface area contributed by atoms with E-state index in [1.165, 1.54) is 12.1 Å². The van der Waals surface area contributed by atoms with Crippen molar-refractivity contribution in [2.75, 3.05) is 19.0 Å². The summed E-state index contributed by atoms with van der Waals surface area (Å²) in [5.41, 5.74) is 1.42. The topological polar surface area (TPSA) is 65.3 Å². The molecule has 1 atom stereocenters. The highest BCUT2D eigenvalue weighted by Crippen LogP contribution is 2.20. The zero-order valence-electron chi connectivity index (χ0n) is 11.5. The van der Waals surface area contributed by atoms with Gasteiger partial charge in [0, 0.05) is 6.54 Å². The van der Waals surface area contributed by atoms with E-state index in [0.29, 0.717) is 11.4 Å². The van der Waals surface area contributed by atoms with Gasteiger partial charge < -0.3 is 15.2 Å². The number of halogens is 1. The summed E-state index contributed by atoms with van der Waals surface area (Å²) in [4.78, 5) is 0. The van der Waals surface area contributed by atoms with Gasteiger partial charge in [0.2, 0.25) is 0 Å². The average Bonchev–Trinajstić information content (AvgIpc) is 2.53. The maximum Gasteiger partial charge on any atom is 0.124 e. The molecule has 21 heavy (non-hydrogen) atoms. The first kappa shape index (κ1) is 14.8. The molecule has 0 bridgehead atoms. The molecule has 0 saturated heterocycles. The van der Waals surface area contributed by atoms with Crippen molar-refractivity contribution in [2.45, 2.75) is 6.10 Å². The molecule has 0 aliphatic rings. The third-order valence-electron chi connectivity index (χ3n) is 3.09. The van der Waals surface area contributed by atoms with Crippen molar-refractivity contribution >= 4 is 5.69 Å². The minimum Gasteiger partial charge on any atom is -0.497 e. The molecule has 0 aliphatic heterocycles. The molecule has 0 fully saturated rings. The first-order valence-electron chi connectivity index (χ1n) is 6.39. The Balaban J connectivity index is 2.03. The monoisotopic (exact) mass is 286 g/mol. The number of hydrogen-bond acceptors (Lipinski definition) is 4. The van der Waals surface area contributed by atoms with E-state index in [1.54, 1.807) is 31.4 Å². The van der Waals surface area contributed by atoms with Crippen LogP contribution in [0, 0.1) is 17.1 Å². The third kappa shape index (κ3) is 3.71. The molecule has 2 rings (SSSR count). The lowest BCUT2D eigenvalue weighted by Gasteiger charge is -2.14. The molecule has 0 aromatic heterocycles. The molecule has 108 valence electrons. The van der Waals surface area contributed by atoms with Gasteiger partial charge in [0.25, 0.3) is 0 Å². The number of aliphatic hydroxyl groups is 1. The number of anilines is 1. The standard InChI is InChI=1S/C16H15FN2O2/c1-21-14-5-2-11(3-6-14)16(20)10-19-15-7-4-13(17)8-12(15)9-18/h2-8,16,19-20H,10H2,1H3. The number of rotatable bonds is 5. The van der Waals surface area contributed by atoms with Crippen LogP contribution in [0.15, 0.2) is 42.5 Å². The van der Waals surface area contributed by atoms with Crippen molar-refractivity contribution < 1.29 is 14.2 Å². The Hall–Kier alpha value is -2.58. The zero-order chi connectivity index (χ0) is 15.2. The summed E-state index contributed by atoms with van der Waals surface area (Å²) in [5, 5.41) is 22.0. The van der Waals surface area contributed by atoms with Crippen LogP contribution in [0.5, 0.6) is 5.75 Å². The van der Waals surface area contributed by atoms with E-state index in [1.807, 2.05) is 6.07 Å². The number of methoxy groups -OCH3 is 1. The molecule has 0 amide bonds. The van der Waals surface area contributed by atoms with E-state index < -0.39 is 11.9 Å². The van der Waals surface area contributed by atoms with Crippen LogP contribution in [0.3, 0.4) is 0 Å². The molecule has 0 saturated carbocycles. The summed E-state index contributed by atoms with van der Waals surface area (Å²) < 4.78 is 18.1. The van der Waals surface area contributed by atoms with E-state index in [4.69, 9.17) is 10.00 Å². The van der Waals surface area contributed by atoms with Crippen molar-refractivity contribution in [2.24, 2.45) is 0 Å². The fraction of sp³-hybridized carbons (Fsp3) is 0.188. The number of benzene rings is 2. The summed E-state index contributed by atoms with van der Waals surface area (Å²) >= 11 is 0. The Morgan fingerprint density at radius 2 is 2.00 bits per heavy atom. The summed E-state index contributed by atoms with van der Waals surface area (Å²) in [5.74, 6) is 0.247. The van der Waals surface area contributed by atoms with E-state index in [0.717, 1.165) is 11.6 Å². The van der Waals surface area contributed by atoms with E-state index >= 15 is 0 Å². The Morgan fingerprint density at radius 3 is 2.62 bits per heavy atom. The second-order valence-electron chi connectivity index (χ2n) is 4.47. The lowest BCUT2D eigenvalue weighted by molar-refractivity contribution is 0.191. The highest BCUT2D eigenvalue weighted by Gasteiger charge is 2.09. The van der Waals surface area contributed by atoms with Crippen LogP contribution in [-0.2, 0) is 0 Å². The molecular weight excluding hydrogens is 271 g/mol. The van der Waals surface area contributed by atoms with Crippen LogP contribution < -0.4 is 10.1 Å². The third-order valence-corrected chi connectivity index (χ3v) is 3.09. The van der Waals surface area contributed by atoms with Crippen molar-refractivity contribution in [1.82, 2.24) is 0 Å². The Labute approximate surface area is 122 Å². The number of hydrogen-bond donors (Lipinski definition) is 2. The Kier molecular flexibility index (Phi) is 4.75. The second-order valence-corrected chi connectivity index (χ2v) is 4.47. The van der Waals surface area contributed by atoms with Gasteiger partial charge in [-0.05, 0) is 35.9 Å². The zero-order valence-corrected chi connectivity index (χ0v) is 11.5. The lowest BCUT2D eigenvalue weighted by Crippen LogP contribution is -2.13. The van der Waals surface area contributed by atoms with Gasteiger partial charge in [-0.15, -0.1) is 0 Å². The smallest absolute Gasteiger partial charge is 0.124 e. The quantitative estimate of drug-likeness (QED) is 0.887. The maximum absolute atomic E-state index is 13.0. The summed E-state index contributed by atoms with van der Waals surface area (Å²) in [7, 11) is 1.57. The minimum atomic E-state index is -0.743. The Bertz CT molecular complexity index is 650. The molecular formula is C16H15FN2O2. The van der Waals surface area contributed by atoms with Crippen LogP contribution in [0.25, 0.3) is 0 Å². The number of aliphatic hydroxyl groups excluding tert-OH is 1. The summed E-state index contributed by atoms with van der Waals surface area (Å²) in [6.07, 6.45) is -0.743. The highest BCUT2D eigenvalue weighted by atomic mass is 19.1. The number of nitrogens with zero attached hydrogens (tertiary/aromatic N) is 1. The summed E-state index contributed by atoms with van der Waals surface area (Å²) in [6.45, 7) is 0.215. The molecule has 4 nitrogen and oxygen atoms in total. The fourth-order valence-corrected chi connectivity index (χ4v) is 1.91. The predicted molar refractivity (Wildman–Crippen MR) is 77.6 cm³/mol. The number of nitrogens with one attached hydrogen (secondary N) is 1. The molecule has 0 spiro atoms. The van der Waals surface area contributed by atoms with Crippen LogP contribution >= 0.6 is 0 Å². The largest absolute Gasteiger partial charge is 0.497 e. The first-order valence-corrected chi connectivity index (χ1v) is 6.39. The molecule has 2 aromatic carbocycles. The predicted octanol–water partition coefficient (Wildman–Crippen LogP) is 2.85. The van der Waals surface area contributed by atoms with Gasteiger partial charge >= 0.3 is 0 Å². The van der Waals surface area contributed by atoms with Gasteiger partial charge in [0.1, 0.15) is 17.6 Å². The van der Waals surface area contributed by atoms with Crippen molar-refractivity contribution in [3.63, 3.8) is 0 Å². The van der Waals surface area contributed by atoms with Gasteiger partial charge in [0.15, 0.2) is 0 Å². The molecule has 2 N–H and O–H groups in total. The molecule has 0 heterocycles. The van der Waals surface area contributed by atoms with Crippen LogP contribution in [0.2, 0.25) is 0 Å². The van der Waals surface area contributed by atoms with Gasteiger partial charge in [-0.25, -0.2) is 4.39 Å². The van der Waals surface area contributed by atoms with Crippen LogP contribution in [0.4, 0.5) is 10.1 Å². The van der Waals surface area contributed by atoms with Gasteiger partial charge in [-0.3, -0.25) is 0 Å². The molecule has 0 radical (unpaired) electrons. The second kappa shape index (κ2) is 6.73. The van der Waals surface area contributed by atoms with E-state index in [9.17, 15) is 9.50 Å². The van der Waals surface area contributed by atoms with Crippen LogP contribution in [-0.4, -0.2) is 18.8 Å². The number of nitriles is 1. The van der Waals surface area contributed by atoms with Crippen LogP contribution in [0.1, 0.15) is 17.2 Å². The lowest BCUT2D eigenvalue weighted by atomic mass is 10.1. The van der Waals surface area contributed by atoms with Gasteiger partial charge in [0.05, 0.1) is 24.5 Å². The SMILES string of the molecule is COc1ccc(C(O)CNc2ccc(F)cc2C#N)cc1. The minimum absolute atomic E-state index is 0.205. The Morgan fingerprint density at radius 1 is 1.29 bits per heavy atom. The van der Waals surface area contributed by atoms with E-state index in [2.05, 4.69) is 5.32 Å². The van der Waals surface area contributed by atoms with Crippen molar-refractivity contribution in [3.8, 4) is 11.8 Å². The molecule has 2 aromatic rings. The first-order chi connectivity index (χ1) is 10.1. The molecule has 5 heteroatoms. The highest BCUT2D eigenvalue weighted by molar-refractivity contribution is 5.57. The maximum atomic E-state index is 13.0. The molecule has 1 unspecified atom stereocenters. The van der Waals surface area contributed by atoms with Gasteiger partial charge in [-0.1, -0.05) is 12.1 Å². The normalized spacial score (nSPS) is 11.5. The average molecular weight is 286 g/mol. The number of ether oxygens (including phenoxy) is 1. The van der Waals surface area contributed by atoms with E-state index in [-0.39, 0.29) is 12.1 Å². The van der Waals surface area contributed by atoms with Crippen molar-refractivity contribution in [1.29, 1.82) is 5.26 Å².